The summed E-state index contributed by atoms with van der Waals surface area (Å²) in [5, 5.41) is 14.9. The Labute approximate surface area is 148 Å². The van der Waals surface area contributed by atoms with Gasteiger partial charge in [0.1, 0.15) is 0 Å². The second-order valence-electron chi connectivity index (χ2n) is 5.77. The van der Waals surface area contributed by atoms with E-state index in [1.165, 1.54) is 17.4 Å². The molecule has 0 aliphatic carbocycles. The predicted molar refractivity (Wildman–Crippen MR) is 97.7 cm³/mol. The molecular weight excluding hydrogens is 343 g/mol. The van der Waals surface area contributed by atoms with Crippen molar-refractivity contribution in [2.45, 2.75) is 13.2 Å². The summed E-state index contributed by atoms with van der Waals surface area (Å²) in [6.07, 6.45) is -4.45. The van der Waals surface area contributed by atoms with E-state index >= 15 is 0 Å². The molecule has 0 radical (unpaired) electrons. The Morgan fingerprint density at radius 3 is 2.27 bits per heavy atom. The number of benzene rings is 2. The minimum atomic E-state index is -4.45. The summed E-state index contributed by atoms with van der Waals surface area (Å²) in [7, 11) is 1.86. The van der Waals surface area contributed by atoms with E-state index in [0.29, 0.717) is 11.5 Å². The number of alkyl halides is 3. The Bertz CT molecular complexity index is 885. The van der Waals surface area contributed by atoms with E-state index in [4.69, 9.17) is 0 Å². The highest BCUT2D eigenvalue weighted by Crippen LogP contribution is 2.27. The molecule has 26 heavy (non-hydrogen) atoms. The number of nitrogens with zero attached hydrogens (tertiary/aromatic N) is 1. The van der Waals surface area contributed by atoms with Gasteiger partial charge in [0.25, 0.3) is 0 Å². The van der Waals surface area contributed by atoms with Crippen LogP contribution in [-0.4, -0.2) is 23.5 Å². The summed E-state index contributed by atoms with van der Waals surface area (Å²) in [6.45, 7) is 1.99. The van der Waals surface area contributed by atoms with Gasteiger partial charge in [-0.3, -0.25) is 10.4 Å². The first kappa shape index (κ1) is 17.7. The van der Waals surface area contributed by atoms with Crippen LogP contribution in [-0.2, 0) is 0 Å². The van der Waals surface area contributed by atoms with Crippen molar-refractivity contribution >= 4 is 22.9 Å². The number of aromatic nitrogens is 2. The van der Waals surface area contributed by atoms with Gasteiger partial charge in [-0.25, -0.2) is 0 Å². The van der Waals surface area contributed by atoms with Crippen LogP contribution in [0.2, 0.25) is 0 Å². The first-order valence-corrected chi connectivity index (χ1v) is 7.90. The van der Waals surface area contributed by atoms with E-state index in [9.17, 15) is 13.2 Å². The minimum absolute atomic E-state index is 0.0145. The van der Waals surface area contributed by atoms with E-state index in [1.807, 2.05) is 32.2 Å². The van der Waals surface area contributed by atoms with Gasteiger partial charge in [0.15, 0.2) is 5.82 Å². The average molecular weight is 361 g/mol. The Balaban J connectivity index is 1.73. The summed E-state index contributed by atoms with van der Waals surface area (Å²) in [4.78, 5) is 0. The van der Waals surface area contributed by atoms with Crippen LogP contribution in [0.3, 0.4) is 0 Å². The van der Waals surface area contributed by atoms with Crippen LogP contribution < -0.4 is 16.0 Å². The van der Waals surface area contributed by atoms with E-state index in [-0.39, 0.29) is 5.69 Å². The molecule has 0 saturated heterocycles. The minimum Gasteiger partial charge on any atom is -0.388 e. The molecule has 5 nitrogen and oxygen atoms in total. The molecule has 4 N–H and O–H groups in total. The lowest BCUT2D eigenvalue weighted by Gasteiger charge is -2.10. The second kappa shape index (κ2) is 6.99. The van der Waals surface area contributed by atoms with Gasteiger partial charge in [0.2, 0.25) is 0 Å². The smallest absolute Gasteiger partial charge is 0.388 e. The fourth-order valence-electron chi connectivity index (χ4n) is 2.53. The Morgan fingerprint density at radius 2 is 1.65 bits per heavy atom. The van der Waals surface area contributed by atoms with Crippen molar-refractivity contribution in [2.75, 3.05) is 23.0 Å². The zero-order valence-electron chi connectivity index (χ0n) is 14.2. The van der Waals surface area contributed by atoms with E-state index < -0.39 is 6.30 Å². The van der Waals surface area contributed by atoms with Crippen LogP contribution in [0.4, 0.5) is 36.1 Å². The number of halogens is 3. The maximum atomic E-state index is 12.3. The third kappa shape index (κ3) is 4.27. The highest BCUT2D eigenvalue weighted by Gasteiger charge is 2.26. The average Bonchev–Trinajstić information content (AvgIpc) is 3.04. The van der Waals surface area contributed by atoms with Crippen LogP contribution in [0.25, 0.3) is 11.3 Å². The summed E-state index contributed by atoms with van der Waals surface area (Å²) in [5.41, 5.74) is 4.43. The van der Waals surface area contributed by atoms with Crippen LogP contribution in [0.5, 0.6) is 0 Å². The molecule has 0 aliphatic heterocycles. The SMILES string of the molecule is CNc1ccc(Nc2cc(-c3ccc(NC(F)(F)F)cc3)[nH]n2)c(C)c1. The molecule has 0 unspecified atom stereocenters. The number of nitrogens with one attached hydrogen (secondary N) is 4. The van der Waals surface area contributed by atoms with Gasteiger partial charge in [-0.2, -0.15) is 18.3 Å². The summed E-state index contributed by atoms with van der Waals surface area (Å²) < 4.78 is 36.9. The molecule has 0 spiro atoms. The van der Waals surface area contributed by atoms with Gasteiger partial charge in [-0.1, -0.05) is 12.1 Å². The van der Waals surface area contributed by atoms with Crippen molar-refractivity contribution in [1.29, 1.82) is 0 Å². The van der Waals surface area contributed by atoms with Crippen molar-refractivity contribution in [3.05, 3.63) is 54.1 Å². The molecule has 0 fully saturated rings. The number of hydrogen-bond donors (Lipinski definition) is 4. The molecule has 0 amide bonds. The topological polar surface area (TPSA) is 64.8 Å². The Kier molecular flexibility index (Phi) is 4.75. The van der Waals surface area contributed by atoms with Crippen LogP contribution in [0.15, 0.2) is 48.5 Å². The first-order valence-electron chi connectivity index (χ1n) is 7.90. The first-order chi connectivity index (χ1) is 12.3. The number of aromatic amines is 1. The number of rotatable bonds is 5. The molecule has 0 saturated carbocycles. The predicted octanol–water partition coefficient (Wildman–Crippen LogP) is 5.10. The number of aryl methyl sites for hydroxylation is 1. The molecular formula is C18H18F3N5. The van der Waals surface area contributed by atoms with E-state index in [2.05, 4.69) is 20.8 Å². The van der Waals surface area contributed by atoms with Gasteiger partial charge in [-0.15, -0.1) is 0 Å². The van der Waals surface area contributed by atoms with Crippen molar-refractivity contribution in [3.63, 3.8) is 0 Å². The molecule has 8 heteroatoms. The maximum Gasteiger partial charge on any atom is 0.482 e. The lowest BCUT2D eigenvalue weighted by Crippen LogP contribution is -2.20. The quantitative estimate of drug-likeness (QED) is 0.477. The van der Waals surface area contributed by atoms with E-state index in [0.717, 1.165) is 22.5 Å². The highest BCUT2D eigenvalue weighted by atomic mass is 19.4. The summed E-state index contributed by atoms with van der Waals surface area (Å²) in [5.74, 6) is 0.623. The molecule has 2 aromatic carbocycles. The number of anilines is 4. The molecule has 136 valence electrons. The van der Waals surface area contributed by atoms with Crippen molar-refractivity contribution < 1.29 is 13.2 Å². The molecule has 3 aromatic rings. The molecule has 0 atom stereocenters. The van der Waals surface area contributed by atoms with Gasteiger partial charge < -0.3 is 10.6 Å². The van der Waals surface area contributed by atoms with Gasteiger partial charge in [0, 0.05) is 30.2 Å². The second-order valence-corrected chi connectivity index (χ2v) is 5.77. The van der Waals surface area contributed by atoms with Crippen LogP contribution >= 0.6 is 0 Å². The zero-order chi connectivity index (χ0) is 18.7. The van der Waals surface area contributed by atoms with Crippen molar-refractivity contribution in [3.8, 4) is 11.3 Å². The van der Waals surface area contributed by atoms with Gasteiger partial charge in [-0.05, 0) is 48.4 Å². The van der Waals surface area contributed by atoms with E-state index in [1.54, 1.807) is 18.2 Å². The summed E-state index contributed by atoms with van der Waals surface area (Å²) >= 11 is 0. The zero-order valence-corrected chi connectivity index (χ0v) is 14.2. The standard InChI is InChI=1S/C18H18F3N5/c1-11-9-14(22-2)7-8-15(11)23-17-10-16(25-26-17)12-3-5-13(6-4-12)24-18(19,20)21/h3-10,22,24H,1-2H3,(H2,23,25,26). The molecule has 1 aromatic heterocycles. The normalized spacial score (nSPS) is 11.3. The lowest BCUT2D eigenvalue weighted by molar-refractivity contribution is -0.0999. The largest absolute Gasteiger partial charge is 0.482 e. The highest BCUT2D eigenvalue weighted by molar-refractivity contribution is 5.69. The van der Waals surface area contributed by atoms with Crippen molar-refractivity contribution in [1.82, 2.24) is 10.2 Å². The number of H-pyrrole nitrogens is 1. The lowest BCUT2D eigenvalue weighted by atomic mass is 10.1. The Hall–Kier alpha value is -3.16. The fourth-order valence-corrected chi connectivity index (χ4v) is 2.53. The maximum absolute atomic E-state index is 12.3. The van der Waals surface area contributed by atoms with Crippen LogP contribution in [0.1, 0.15) is 5.56 Å². The Morgan fingerprint density at radius 1 is 0.962 bits per heavy atom. The summed E-state index contributed by atoms with van der Waals surface area (Å²) in [6, 6.07) is 13.7. The van der Waals surface area contributed by atoms with Crippen LogP contribution in [0, 0.1) is 6.92 Å². The molecule has 0 bridgehead atoms. The number of hydrogen-bond acceptors (Lipinski definition) is 4. The fraction of sp³-hybridized carbons (Fsp3) is 0.167. The molecule has 1 heterocycles. The molecule has 3 rings (SSSR count). The van der Waals surface area contributed by atoms with Gasteiger partial charge >= 0.3 is 6.30 Å². The van der Waals surface area contributed by atoms with Crippen molar-refractivity contribution in [2.24, 2.45) is 0 Å². The third-order valence-electron chi connectivity index (χ3n) is 3.84. The monoisotopic (exact) mass is 361 g/mol. The molecule has 0 aliphatic rings. The third-order valence-corrected chi connectivity index (χ3v) is 3.84. The van der Waals surface area contributed by atoms with Gasteiger partial charge in [0.05, 0.1) is 5.69 Å².